The van der Waals surface area contributed by atoms with Crippen molar-refractivity contribution >= 4 is 5.91 Å². The molecule has 1 unspecified atom stereocenters. The second kappa shape index (κ2) is 6.13. The van der Waals surface area contributed by atoms with E-state index < -0.39 is 34.7 Å². The lowest BCUT2D eigenvalue weighted by Crippen LogP contribution is -2.43. The Morgan fingerprint density at radius 1 is 1.35 bits per heavy atom. The van der Waals surface area contributed by atoms with Crippen LogP contribution >= 0.6 is 0 Å². The molecule has 1 aliphatic heterocycles. The molecule has 2 rings (SSSR count). The van der Waals surface area contributed by atoms with Gasteiger partial charge >= 0.3 is 0 Å². The van der Waals surface area contributed by atoms with E-state index in [-0.39, 0.29) is 12.6 Å². The summed E-state index contributed by atoms with van der Waals surface area (Å²) < 4.78 is 39.5. The first-order chi connectivity index (χ1) is 9.50. The van der Waals surface area contributed by atoms with Crippen molar-refractivity contribution < 1.29 is 23.1 Å². The van der Waals surface area contributed by atoms with E-state index in [1.54, 1.807) is 0 Å². The van der Waals surface area contributed by atoms with Gasteiger partial charge in [-0.15, -0.1) is 0 Å². The molecule has 1 heterocycles. The lowest BCUT2D eigenvalue weighted by molar-refractivity contribution is 0.0942. The zero-order valence-corrected chi connectivity index (χ0v) is 10.7. The van der Waals surface area contributed by atoms with Crippen molar-refractivity contribution in [1.29, 1.82) is 0 Å². The molecule has 1 fully saturated rings. The average molecular weight is 288 g/mol. The van der Waals surface area contributed by atoms with E-state index in [1.165, 1.54) is 0 Å². The first-order valence-electron chi connectivity index (χ1n) is 6.38. The molecule has 0 aromatic heterocycles. The first-order valence-corrected chi connectivity index (χ1v) is 6.38. The Kier molecular flexibility index (Phi) is 4.49. The Hall–Kier alpha value is -1.76. The van der Waals surface area contributed by atoms with Crippen molar-refractivity contribution in [3.63, 3.8) is 0 Å². The molecule has 1 aromatic rings. The van der Waals surface area contributed by atoms with E-state index in [1.807, 2.05) is 0 Å². The van der Waals surface area contributed by atoms with Crippen LogP contribution in [-0.2, 0) is 0 Å². The van der Waals surface area contributed by atoms with Gasteiger partial charge < -0.3 is 15.7 Å². The van der Waals surface area contributed by atoms with Gasteiger partial charge in [0.05, 0.1) is 5.56 Å². The number of aromatic hydroxyl groups is 1. The molecule has 1 aromatic carbocycles. The van der Waals surface area contributed by atoms with E-state index in [9.17, 15) is 18.0 Å². The summed E-state index contributed by atoms with van der Waals surface area (Å²) in [6.45, 7) is 1.11. The van der Waals surface area contributed by atoms with Crippen LogP contribution < -0.4 is 10.6 Å². The predicted molar refractivity (Wildman–Crippen MR) is 66.0 cm³/mol. The lowest BCUT2D eigenvalue weighted by atomic mass is 10.0. The molecule has 1 amide bonds. The third kappa shape index (κ3) is 3.04. The predicted octanol–water partition coefficient (Wildman–Crippen LogP) is 1.68. The summed E-state index contributed by atoms with van der Waals surface area (Å²) in [6, 6.07) is 0.517. The molecule has 1 aliphatic rings. The van der Waals surface area contributed by atoms with E-state index in [0.29, 0.717) is 6.07 Å². The second-order valence-corrected chi connectivity index (χ2v) is 4.74. The number of phenols is 1. The van der Waals surface area contributed by atoms with E-state index in [2.05, 4.69) is 10.6 Å². The Bertz CT molecular complexity index is 517. The summed E-state index contributed by atoms with van der Waals surface area (Å²) in [6.07, 6.45) is 2.98. The first kappa shape index (κ1) is 14.6. The van der Waals surface area contributed by atoms with Gasteiger partial charge in [-0.1, -0.05) is 6.42 Å². The standard InChI is InChI=1S/C13H15F3N2O2/c14-9-5-8(10(15)12(19)11(9)16)13(20)18-6-7-3-1-2-4-17-7/h5,7,17,19H,1-4,6H2,(H,18,20). The number of carbonyl (C=O) groups is 1. The second-order valence-electron chi connectivity index (χ2n) is 4.74. The van der Waals surface area contributed by atoms with Gasteiger partial charge in [0.2, 0.25) is 5.82 Å². The van der Waals surface area contributed by atoms with E-state index in [4.69, 9.17) is 5.11 Å². The molecule has 0 spiro atoms. The topological polar surface area (TPSA) is 61.4 Å². The van der Waals surface area contributed by atoms with Crippen LogP contribution in [0.1, 0.15) is 29.6 Å². The highest BCUT2D eigenvalue weighted by molar-refractivity contribution is 5.95. The van der Waals surface area contributed by atoms with E-state index >= 15 is 0 Å². The van der Waals surface area contributed by atoms with Crippen LogP contribution in [-0.4, -0.2) is 30.1 Å². The molecule has 0 aliphatic carbocycles. The Morgan fingerprint density at radius 2 is 2.10 bits per heavy atom. The highest BCUT2D eigenvalue weighted by atomic mass is 19.2. The third-order valence-corrected chi connectivity index (χ3v) is 3.30. The summed E-state index contributed by atoms with van der Waals surface area (Å²) in [5.74, 6) is -6.99. The van der Waals surface area contributed by atoms with Gasteiger partial charge in [-0.2, -0.15) is 4.39 Å². The largest absolute Gasteiger partial charge is 0.503 e. The third-order valence-electron chi connectivity index (χ3n) is 3.30. The molecule has 1 saturated heterocycles. The van der Waals surface area contributed by atoms with Gasteiger partial charge in [-0.05, 0) is 25.5 Å². The quantitative estimate of drug-likeness (QED) is 0.742. The highest BCUT2D eigenvalue weighted by Gasteiger charge is 2.23. The summed E-state index contributed by atoms with van der Waals surface area (Å²) in [5.41, 5.74) is -0.711. The van der Waals surface area contributed by atoms with Crippen molar-refractivity contribution in [1.82, 2.24) is 10.6 Å². The van der Waals surface area contributed by atoms with Gasteiger partial charge in [0, 0.05) is 12.6 Å². The minimum Gasteiger partial charge on any atom is -0.503 e. The van der Waals surface area contributed by atoms with Crippen LogP contribution in [0.15, 0.2) is 6.07 Å². The Balaban J connectivity index is 2.05. The van der Waals surface area contributed by atoms with Crippen LogP contribution in [0.5, 0.6) is 5.75 Å². The van der Waals surface area contributed by atoms with Gasteiger partial charge in [0.15, 0.2) is 17.4 Å². The number of halogens is 3. The summed E-state index contributed by atoms with van der Waals surface area (Å²) >= 11 is 0. The Morgan fingerprint density at radius 3 is 2.75 bits per heavy atom. The average Bonchev–Trinajstić information content (AvgIpc) is 2.47. The van der Waals surface area contributed by atoms with Gasteiger partial charge in [-0.3, -0.25) is 4.79 Å². The fourth-order valence-electron chi connectivity index (χ4n) is 2.17. The minimum absolute atomic E-state index is 0.0784. The minimum atomic E-state index is -1.70. The number of hydrogen-bond acceptors (Lipinski definition) is 3. The van der Waals surface area contributed by atoms with Crippen molar-refractivity contribution in [2.24, 2.45) is 0 Å². The van der Waals surface area contributed by atoms with Crippen LogP contribution in [0.4, 0.5) is 13.2 Å². The maximum Gasteiger partial charge on any atom is 0.254 e. The van der Waals surface area contributed by atoms with Gasteiger partial charge in [0.1, 0.15) is 0 Å². The maximum absolute atomic E-state index is 13.5. The summed E-state index contributed by atoms with van der Waals surface area (Å²) in [7, 11) is 0. The molecule has 7 heteroatoms. The molecule has 1 atom stereocenters. The number of hydrogen-bond donors (Lipinski definition) is 3. The fourth-order valence-corrected chi connectivity index (χ4v) is 2.17. The molecular formula is C13H15F3N2O2. The van der Waals surface area contributed by atoms with E-state index in [0.717, 1.165) is 25.8 Å². The molecule has 0 radical (unpaired) electrons. The SMILES string of the molecule is O=C(NCC1CCCCN1)c1cc(F)c(F)c(O)c1F. The monoisotopic (exact) mass is 288 g/mol. The maximum atomic E-state index is 13.5. The van der Waals surface area contributed by atoms with Crippen LogP contribution in [0.3, 0.4) is 0 Å². The number of benzene rings is 1. The lowest BCUT2D eigenvalue weighted by Gasteiger charge is -2.23. The van der Waals surface area contributed by atoms with Crippen molar-refractivity contribution in [3.8, 4) is 5.75 Å². The van der Waals surface area contributed by atoms with Crippen LogP contribution in [0.2, 0.25) is 0 Å². The highest BCUT2D eigenvalue weighted by Crippen LogP contribution is 2.25. The summed E-state index contributed by atoms with van der Waals surface area (Å²) in [5, 5.41) is 14.7. The van der Waals surface area contributed by atoms with Gasteiger partial charge in [-0.25, -0.2) is 8.78 Å². The zero-order valence-electron chi connectivity index (χ0n) is 10.7. The molecule has 20 heavy (non-hydrogen) atoms. The molecule has 0 saturated carbocycles. The molecule has 4 nitrogen and oxygen atoms in total. The number of piperidine rings is 1. The number of carbonyl (C=O) groups excluding carboxylic acids is 1. The normalized spacial score (nSPS) is 18.9. The van der Waals surface area contributed by atoms with Crippen molar-refractivity contribution in [3.05, 3.63) is 29.1 Å². The molecule has 3 N–H and O–H groups in total. The van der Waals surface area contributed by atoms with Gasteiger partial charge in [0.25, 0.3) is 5.91 Å². The smallest absolute Gasteiger partial charge is 0.254 e. The molecule has 0 bridgehead atoms. The summed E-state index contributed by atoms with van der Waals surface area (Å²) in [4.78, 5) is 11.7. The Labute approximate surface area is 114 Å². The number of rotatable bonds is 3. The van der Waals surface area contributed by atoms with Crippen molar-refractivity contribution in [2.75, 3.05) is 13.1 Å². The fraction of sp³-hybridized carbons (Fsp3) is 0.462. The molecule has 110 valence electrons. The van der Waals surface area contributed by atoms with Crippen LogP contribution in [0, 0.1) is 17.5 Å². The number of nitrogens with one attached hydrogen (secondary N) is 2. The van der Waals surface area contributed by atoms with Crippen molar-refractivity contribution in [2.45, 2.75) is 25.3 Å². The van der Waals surface area contributed by atoms with Crippen LogP contribution in [0.25, 0.3) is 0 Å². The number of phenolic OH excluding ortho intramolecular Hbond substituents is 1. The zero-order chi connectivity index (χ0) is 14.7. The number of amides is 1. The molecular weight excluding hydrogens is 273 g/mol.